The van der Waals surface area contributed by atoms with Crippen LogP contribution in [0, 0.1) is 6.92 Å². The minimum absolute atomic E-state index is 0.00770. The molecule has 4 nitrogen and oxygen atoms in total. The van der Waals surface area contributed by atoms with Crippen LogP contribution in [0.3, 0.4) is 0 Å². The van der Waals surface area contributed by atoms with Crippen molar-refractivity contribution in [2.75, 3.05) is 6.54 Å². The Morgan fingerprint density at radius 2 is 2.30 bits per heavy atom. The average molecular weight is 334 g/mol. The number of nitrogens with zero attached hydrogens (tertiary/aromatic N) is 1. The van der Waals surface area contributed by atoms with Crippen molar-refractivity contribution in [3.63, 3.8) is 0 Å². The summed E-state index contributed by atoms with van der Waals surface area (Å²) in [6.45, 7) is 2.61. The Hall–Kier alpha value is -1.78. The molecule has 23 heavy (non-hydrogen) atoms. The van der Waals surface area contributed by atoms with Gasteiger partial charge in [-0.05, 0) is 55.7 Å². The molecule has 0 aliphatic carbocycles. The molecular weight excluding hydrogens is 314 g/mol. The van der Waals surface area contributed by atoms with Crippen LogP contribution in [-0.2, 0) is 0 Å². The Labute approximate surface area is 140 Å². The Morgan fingerprint density at radius 1 is 1.48 bits per heavy atom. The van der Waals surface area contributed by atoms with Gasteiger partial charge in [0.25, 0.3) is 5.91 Å². The number of carbonyl (C=O) groups excluding carboxylic acids is 1. The molecule has 1 amide bonds. The maximum absolute atomic E-state index is 12.8. The van der Waals surface area contributed by atoms with E-state index in [0.29, 0.717) is 22.8 Å². The number of carbonyl (C=O) groups is 1. The van der Waals surface area contributed by atoms with Gasteiger partial charge < -0.3 is 14.4 Å². The SMILES string of the molecule is Cc1cc(Cl)ccc1C(=O)N1CCCC1CC(O)c1ccco1. The summed E-state index contributed by atoms with van der Waals surface area (Å²) in [6, 6.07) is 8.86. The fourth-order valence-corrected chi connectivity index (χ4v) is 3.45. The molecular formula is C18H20ClNO3. The molecule has 1 N–H and O–H groups in total. The van der Waals surface area contributed by atoms with Gasteiger partial charge in [0.15, 0.2) is 0 Å². The topological polar surface area (TPSA) is 53.7 Å². The number of rotatable bonds is 4. The maximum atomic E-state index is 12.8. The zero-order valence-corrected chi connectivity index (χ0v) is 13.8. The number of hydrogen-bond donors (Lipinski definition) is 1. The summed E-state index contributed by atoms with van der Waals surface area (Å²) in [6.07, 6.45) is 3.21. The molecule has 122 valence electrons. The lowest BCUT2D eigenvalue weighted by molar-refractivity contribution is 0.0641. The summed E-state index contributed by atoms with van der Waals surface area (Å²) in [5.74, 6) is 0.556. The first kappa shape index (κ1) is 16.1. The molecule has 1 saturated heterocycles. The Kier molecular flexibility index (Phi) is 4.74. The van der Waals surface area contributed by atoms with E-state index in [1.54, 1.807) is 36.6 Å². The first-order valence-corrected chi connectivity index (χ1v) is 8.22. The Bertz CT molecular complexity index is 684. The lowest BCUT2D eigenvalue weighted by Gasteiger charge is -2.26. The number of halogens is 1. The van der Waals surface area contributed by atoms with E-state index in [4.69, 9.17) is 16.0 Å². The van der Waals surface area contributed by atoms with E-state index in [2.05, 4.69) is 0 Å². The van der Waals surface area contributed by atoms with Crippen molar-refractivity contribution in [1.82, 2.24) is 4.90 Å². The summed E-state index contributed by atoms with van der Waals surface area (Å²) in [5, 5.41) is 10.9. The minimum Gasteiger partial charge on any atom is -0.467 e. The molecule has 0 saturated carbocycles. The zero-order chi connectivity index (χ0) is 16.4. The van der Waals surface area contributed by atoms with Crippen LogP contribution in [0.2, 0.25) is 5.02 Å². The first-order chi connectivity index (χ1) is 11.1. The van der Waals surface area contributed by atoms with Crippen molar-refractivity contribution in [2.24, 2.45) is 0 Å². The predicted molar refractivity (Wildman–Crippen MR) is 88.5 cm³/mol. The molecule has 2 atom stereocenters. The predicted octanol–water partition coefficient (Wildman–Crippen LogP) is 3.97. The molecule has 0 spiro atoms. The number of aryl methyl sites for hydroxylation is 1. The van der Waals surface area contributed by atoms with Crippen LogP contribution in [0.5, 0.6) is 0 Å². The normalized spacial score (nSPS) is 19.1. The van der Waals surface area contributed by atoms with E-state index >= 15 is 0 Å². The van der Waals surface area contributed by atoms with Gasteiger partial charge in [-0.15, -0.1) is 0 Å². The van der Waals surface area contributed by atoms with Crippen LogP contribution in [0.15, 0.2) is 41.0 Å². The summed E-state index contributed by atoms with van der Waals surface area (Å²) < 4.78 is 5.25. The fourth-order valence-electron chi connectivity index (χ4n) is 3.22. The first-order valence-electron chi connectivity index (χ1n) is 7.85. The van der Waals surface area contributed by atoms with Gasteiger partial charge in [-0.3, -0.25) is 4.79 Å². The fraction of sp³-hybridized carbons (Fsp3) is 0.389. The largest absolute Gasteiger partial charge is 0.467 e. The van der Waals surface area contributed by atoms with Crippen molar-refractivity contribution in [3.05, 3.63) is 58.5 Å². The second kappa shape index (κ2) is 6.77. The molecule has 2 unspecified atom stereocenters. The number of benzene rings is 1. The standard InChI is InChI=1S/C18H20ClNO3/c1-12-10-13(19)6-7-15(12)18(22)20-8-2-4-14(20)11-16(21)17-5-3-9-23-17/h3,5-7,9-10,14,16,21H,2,4,8,11H2,1H3. The van der Waals surface area contributed by atoms with Gasteiger partial charge in [0.05, 0.1) is 6.26 Å². The quantitative estimate of drug-likeness (QED) is 0.921. The minimum atomic E-state index is -0.685. The molecule has 3 rings (SSSR count). The van der Waals surface area contributed by atoms with Crippen molar-refractivity contribution in [1.29, 1.82) is 0 Å². The number of furan rings is 1. The highest BCUT2D eigenvalue weighted by Gasteiger charge is 2.32. The Morgan fingerprint density at radius 3 is 3.00 bits per heavy atom. The summed E-state index contributed by atoms with van der Waals surface area (Å²) >= 11 is 5.97. The lowest BCUT2D eigenvalue weighted by Crippen LogP contribution is -2.36. The molecule has 5 heteroatoms. The third kappa shape index (κ3) is 3.43. The molecule has 1 aromatic heterocycles. The molecule has 0 bridgehead atoms. The highest BCUT2D eigenvalue weighted by molar-refractivity contribution is 6.30. The van der Waals surface area contributed by atoms with Crippen LogP contribution >= 0.6 is 11.6 Å². The number of amides is 1. The van der Waals surface area contributed by atoms with E-state index in [-0.39, 0.29) is 11.9 Å². The van der Waals surface area contributed by atoms with Crippen LogP contribution in [-0.4, -0.2) is 28.5 Å². The van der Waals surface area contributed by atoms with Crippen LogP contribution in [0.4, 0.5) is 0 Å². The van der Waals surface area contributed by atoms with Gasteiger partial charge in [0, 0.05) is 29.6 Å². The van der Waals surface area contributed by atoms with Gasteiger partial charge in [-0.25, -0.2) is 0 Å². The summed E-state index contributed by atoms with van der Waals surface area (Å²) in [5.41, 5.74) is 1.55. The van der Waals surface area contributed by atoms with E-state index in [1.165, 1.54) is 0 Å². The molecule has 0 radical (unpaired) electrons. The molecule has 2 heterocycles. The molecule has 1 aliphatic rings. The highest BCUT2D eigenvalue weighted by atomic mass is 35.5. The van der Waals surface area contributed by atoms with E-state index in [1.807, 2.05) is 11.8 Å². The molecule has 2 aromatic rings. The third-order valence-electron chi connectivity index (χ3n) is 4.42. The lowest BCUT2D eigenvalue weighted by atomic mass is 10.0. The molecule has 1 aromatic carbocycles. The van der Waals surface area contributed by atoms with E-state index in [0.717, 1.165) is 24.9 Å². The van der Waals surface area contributed by atoms with Gasteiger partial charge >= 0.3 is 0 Å². The smallest absolute Gasteiger partial charge is 0.254 e. The van der Waals surface area contributed by atoms with Gasteiger partial charge in [0.1, 0.15) is 11.9 Å². The van der Waals surface area contributed by atoms with E-state index in [9.17, 15) is 9.90 Å². The third-order valence-corrected chi connectivity index (χ3v) is 4.66. The maximum Gasteiger partial charge on any atom is 0.254 e. The van der Waals surface area contributed by atoms with Gasteiger partial charge in [0.2, 0.25) is 0 Å². The van der Waals surface area contributed by atoms with Crippen molar-refractivity contribution in [2.45, 2.75) is 38.3 Å². The zero-order valence-electron chi connectivity index (χ0n) is 13.0. The monoisotopic (exact) mass is 333 g/mol. The number of likely N-dealkylation sites (tertiary alicyclic amines) is 1. The van der Waals surface area contributed by atoms with Gasteiger partial charge in [-0.1, -0.05) is 11.6 Å². The van der Waals surface area contributed by atoms with Crippen molar-refractivity contribution < 1.29 is 14.3 Å². The van der Waals surface area contributed by atoms with Gasteiger partial charge in [-0.2, -0.15) is 0 Å². The van der Waals surface area contributed by atoms with Crippen LogP contribution < -0.4 is 0 Å². The molecule has 1 fully saturated rings. The number of hydrogen-bond acceptors (Lipinski definition) is 3. The number of aliphatic hydroxyl groups is 1. The summed E-state index contributed by atoms with van der Waals surface area (Å²) in [4.78, 5) is 14.7. The number of aliphatic hydroxyl groups excluding tert-OH is 1. The van der Waals surface area contributed by atoms with E-state index < -0.39 is 6.10 Å². The summed E-state index contributed by atoms with van der Waals surface area (Å²) in [7, 11) is 0. The van der Waals surface area contributed by atoms with Crippen LogP contribution in [0.1, 0.15) is 47.0 Å². The van der Waals surface area contributed by atoms with Crippen molar-refractivity contribution in [3.8, 4) is 0 Å². The van der Waals surface area contributed by atoms with Crippen molar-refractivity contribution >= 4 is 17.5 Å². The average Bonchev–Trinajstić information content (AvgIpc) is 3.18. The highest BCUT2D eigenvalue weighted by Crippen LogP contribution is 2.29. The Balaban J connectivity index is 1.74. The second-order valence-corrected chi connectivity index (χ2v) is 6.46. The molecule has 1 aliphatic heterocycles. The second-order valence-electron chi connectivity index (χ2n) is 6.02. The van der Waals surface area contributed by atoms with Crippen LogP contribution in [0.25, 0.3) is 0 Å².